The van der Waals surface area contributed by atoms with Crippen LogP contribution in [-0.2, 0) is 22.5 Å². The van der Waals surface area contributed by atoms with Crippen LogP contribution in [0.4, 0.5) is 4.79 Å². The molecule has 7 nitrogen and oxygen atoms in total. The van der Waals surface area contributed by atoms with Gasteiger partial charge in [-0.15, -0.1) is 0 Å². The quantitative estimate of drug-likeness (QED) is 0.883. The van der Waals surface area contributed by atoms with Gasteiger partial charge in [0.15, 0.2) is 0 Å². The maximum Gasteiger partial charge on any atom is 0.408 e. The molecule has 0 fully saturated rings. The Morgan fingerprint density at radius 1 is 1.42 bits per heavy atom. The molecule has 0 bridgehead atoms. The first-order valence-corrected chi connectivity index (χ1v) is 8.45. The summed E-state index contributed by atoms with van der Waals surface area (Å²) in [6.07, 6.45) is 2.53. The van der Waals surface area contributed by atoms with E-state index in [0.717, 1.165) is 17.7 Å². The summed E-state index contributed by atoms with van der Waals surface area (Å²) in [7, 11) is 0. The second kappa shape index (κ2) is 7.23. The van der Waals surface area contributed by atoms with Gasteiger partial charge in [0.1, 0.15) is 11.6 Å². The summed E-state index contributed by atoms with van der Waals surface area (Å²) in [4.78, 5) is 26.7. The van der Waals surface area contributed by atoms with Crippen molar-refractivity contribution in [1.82, 2.24) is 20.4 Å². The average molecular weight is 336 g/mol. The molecule has 1 aromatic heterocycles. The van der Waals surface area contributed by atoms with Gasteiger partial charge in [0.05, 0.1) is 6.20 Å². The van der Waals surface area contributed by atoms with Crippen LogP contribution >= 0.6 is 0 Å². The third kappa shape index (κ3) is 4.97. The number of aromatic nitrogens is 2. The first kappa shape index (κ1) is 18.3. The van der Waals surface area contributed by atoms with Crippen molar-refractivity contribution < 1.29 is 14.3 Å². The van der Waals surface area contributed by atoms with E-state index in [1.54, 1.807) is 31.9 Å². The summed E-state index contributed by atoms with van der Waals surface area (Å²) in [6.45, 7) is 10.6. The van der Waals surface area contributed by atoms with Crippen LogP contribution in [0.5, 0.6) is 0 Å². The SMILES string of the molecule is CC(C)CC(NC(=O)OC(C)(C)C)C(=O)N1CCc2[nH]ncc2C1. The fourth-order valence-corrected chi connectivity index (χ4v) is 2.77. The predicted molar refractivity (Wildman–Crippen MR) is 90.3 cm³/mol. The molecule has 0 saturated carbocycles. The van der Waals surface area contributed by atoms with E-state index in [1.165, 1.54) is 0 Å². The highest BCUT2D eigenvalue weighted by Gasteiger charge is 2.30. The smallest absolute Gasteiger partial charge is 0.408 e. The van der Waals surface area contributed by atoms with Crippen LogP contribution in [0.2, 0.25) is 0 Å². The van der Waals surface area contributed by atoms with Gasteiger partial charge in [0.25, 0.3) is 0 Å². The second-order valence-corrected chi connectivity index (χ2v) is 7.71. The summed E-state index contributed by atoms with van der Waals surface area (Å²) in [6, 6.07) is -0.576. The Balaban J connectivity index is 2.04. The Bertz CT molecular complexity index is 589. The fourth-order valence-electron chi connectivity index (χ4n) is 2.77. The summed E-state index contributed by atoms with van der Waals surface area (Å²) in [5, 5.41) is 9.73. The van der Waals surface area contributed by atoms with E-state index in [4.69, 9.17) is 4.74 Å². The lowest BCUT2D eigenvalue weighted by Crippen LogP contribution is -2.51. The molecule has 1 aromatic rings. The number of rotatable bonds is 4. The molecule has 7 heteroatoms. The summed E-state index contributed by atoms with van der Waals surface area (Å²) >= 11 is 0. The molecule has 134 valence electrons. The topological polar surface area (TPSA) is 87.3 Å². The largest absolute Gasteiger partial charge is 0.444 e. The van der Waals surface area contributed by atoms with Gasteiger partial charge in [-0.25, -0.2) is 4.79 Å². The predicted octanol–water partition coefficient (Wildman–Crippen LogP) is 2.23. The van der Waals surface area contributed by atoms with Crippen molar-refractivity contribution in [1.29, 1.82) is 0 Å². The van der Waals surface area contributed by atoms with Crippen molar-refractivity contribution in [3.8, 4) is 0 Å². The molecule has 2 amide bonds. The Morgan fingerprint density at radius 2 is 2.12 bits per heavy atom. The third-order valence-electron chi connectivity index (χ3n) is 3.81. The molecule has 0 aliphatic carbocycles. The first-order valence-electron chi connectivity index (χ1n) is 8.45. The van der Waals surface area contributed by atoms with Crippen molar-refractivity contribution >= 4 is 12.0 Å². The number of ether oxygens (including phenoxy) is 1. The minimum absolute atomic E-state index is 0.0681. The van der Waals surface area contributed by atoms with Crippen LogP contribution in [0.15, 0.2) is 6.20 Å². The number of alkyl carbamates (subject to hydrolysis) is 1. The zero-order valence-corrected chi connectivity index (χ0v) is 15.2. The van der Waals surface area contributed by atoms with Crippen LogP contribution in [0, 0.1) is 5.92 Å². The number of nitrogens with zero attached hydrogens (tertiary/aromatic N) is 2. The fraction of sp³-hybridized carbons (Fsp3) is 0.706. The third-order valence-corrected chi connectivity index (χ3v) is 3.81. The summed E-state index contributed by atoms with van der Waals surface area (Å²) in [5.74, 6) is 0.213. The molecule has 0 spiro atoms. The van der Waals surface area contributed by atoms with Crippen LogP contribution in [-0.4, -0.2) is 45.3 Å². The standard InChI is InChI=1S/C17H28N4O3/c1-11(2)8-14(19-16(23)24-17(3,4)5)15(22)21-7-6-13-12(10-21)9-18-20-13/h9,11,14H,6-8,10H2,1-5H3,(H,18,20)(H,19,23). The number of amides is 2. The summed E-state index contributed by atoms with van der Waals surface area (Å²) in [5.41, 5.74) is 1.53. The first-order chi connectivity index (χ1) is 11.2. The van der Waals surface area contributed by atoms with E-state index in [1.807, 2.05) is 13.8 Å². The van der Waals surface area contributed by atoms with Gasteiger partial charge in [-0.05, 0) is 33.1 Å². The minimum atomic E-state index is -0.591. The van der Waals surface area contributed by atoms with Crippen molar-refractivity contribution in [3.05, 3.63) is 17.5 Å². The molecular weight excluding hydrogens is 308 g/mol. The van der Waals surface area contributed by atoms with Crippen molar-refractivity contribution in [3.63, 3.8) is 0 Å². The molecule has 2 N–H and O–H groups in total. The van der Waals surface area contributed by atoms with E-state index in [2.05, 4.69) is 15.5 Å². The van der Waals surface area contributed by atoms with Gasteiger partial charge in [-0.3, -0.25) is 9.89 Å². The van der Waals surface area contributed by atoms with Crippen molar-refractivity contribution in [2.45, 2.75) is 65.6 Å². The number of fused-ring (bicyclic) bond motifs is 1. The monoisotopic (exact) mass is 336 g/mol. The van der Waals surface area contributed by atoms with Gasteiger partial charge in [0, 0.05) is 30.8 Å². The molecule has 24 heavy (non-hydrogen) atoms. The second-order valence-electron chi connectivity index (χ2n) is 7.71. The highest BCUT2D eigenvalue weighted by Crippen LogP contribution is 2.18. The summed E-state index contributed by atoms with van der Waals surface area (Å²) < 4.78 is 5.30. The number of carbonyl (C=O) groups excluding carboxylic acids is 2. The average Bonchev–Trinajstić information content (AvgIpc) is 2.90. The van der Waals surface area contributed by atoms with Gasteiger partial charge >= 0.3 is 6.09 Å². The lowest BCUT2D eigenvalue weighted by Gasteiger charge is -2.31. The molecule has 1 unspecified atom stereocenters. The van der Waals surface area contributed by atoms with Crippen LogP contribution in [0.3, 0.4) is 0 Å². The van der Waals surface area contributed by atoms with Crippen molar-refractivity contribution in [2.24, 2.45) is 5.92 Å². The molecule has 1 aliphatic rings. The van der Waals surface area contributed by atoms with Gasteiger partial charge in [0.2, 0.25) is 5.91 Å². The van der Waals surface area contributed by atoms with Crippen LogP contribution in [0.25, 0.3) is 0 Å². The Labute approximate surface area is 143 Å². The van der Waals surface area contributed by atoms with Crippen molar-refractivity contribution in [2.75, 3.05) is 6.54 Å². The van der Waals surface area contributed by atoms with Gasteiger partial charge in [-0.2, -0.15) is 5.10 Å². The normalized spacial score (nSPS) is 15.8. The Morgan fingerprint density at radius 3 is 2.75 bits per heavy atom. The van der Waals surface area contributed by atoms with Crippen LogP contribution in [0.1, 0.15) is 52.3 Å². The lowest BCUT2D eigenvalue weighted by molar-refractivity contribution is -0.134. The number of hydrogen-bond donors (Lipinski definition) is 2. The maximum absolute atomic E-state index is 12.9. The van der Waals surface area contributed by atoms with E-state index in [0.29, 0.717) is 19.5 Å². The molecular formula is C17H28N4O3. The van der Waals surface area contributed by atoms with E-state index in [-0.39, 0.29) is 11.8 Å². The number of hydrogen-bond acceptors (Lipinski definition) is 4. The molecule has 1 atom stereocenters. The number of carbonyl (C=O) groups is 2. The molecule has 0 aromatic carbocycles. The zero-order valence-electron chi connectivity index (χ0n) is 15.2. The Hall–Kier alpha value is -2.05. The van der Waals surface area contributed by atoms with Crippen LogP contribution < -0.4 is 5.32 Å². The van der Waals surface area contributed by atoms with E-state index >= 15 is 0 Å². The highest BCUT2D eigenvalue weighted by molar-refractivity contribution is 5.86. The zero-order chi connectivity index (χ0) is 17.9. The van der Waals surface area contributed by atoms with E-state index < -0.39 is 17.7 Å². The van der Waals surface area contributed by atoms with E-state index in [9.17, 15) is 9.59 Å². The van der Waals surface area contributed by atoms with Gasteiger partial charge < -0.3 is 15.0 Å². The maximum atomic E-state index is 12.9. The van der Waals surface area contributed by atoms with Gasteiger partial charge in [-0.1, -0.05) is 13.8 Å². The molecule has 0 radical (unpaired) electrons. The highest BCUT2D eigenvalue weighted by atomic mass is 16.6. The molecule has 2 rings (SSSR count). The Kier molecular flexibility index (Phi) is 5.51. The molecule has 2 heterocycles. The number of nitrogens with one attached hydrogen (secondary N) is 2. The number of H-pyrrole nitrogens is 1. The minimum Gasteiger partial charge on any atom is -0.444 e. The number of aromatic amines is 1. The molecule has 0 saturated heterocycles. The lowest BCUT2D eigenvalue weighted by atomic mass is 10.0. The molecule has 1 aliphatic heterocycles.